The summed E-state index contributed by atoms with van der Waals surface area (Å²) in [5.74, 6) is -0.0316. The summed E-state index contributed by atoms with van der Waals surface area (Å²) < 4.78 is 37.2. The van der Waals surface area contributed by atoms with Gasteiger partial charge in [0.2, 0.25) is 5.91 Å². The molecule has 2 aliphatic rings. The Kier molecular flexibility index (Phi) is 4.62. The highest BCUT2D eigenvalue weighted by Gasteiger charge is 2.35. The van der Waals surface area contributed by atoms with Crippen LogP contribution in [0.15, 0.2) is 24.3 Å². The molecule has 6 heteroatoms. The number of carbonyl (C=O) groups is 1. The highest BCUT2D eigenvalue weighted by molar-refractivity contribution is 5.79. The van der Waals surface area contributed by atoms with Gasteiger partial charge in [-0.3, -0.25) is 9.69 Å². The van der Waals surface area contributed by atoms with Gasteiger partial charge in [-0.1, -0.05) is 24.3 Å². The topological polar surface area (TPSA) is 23.6 Å². The maximum atomic E-state index is 12.6. The van der Waals surface area contributed by atoms with Crippen molar-refractivity contribution in [1.29, 1.82) is 0 Å². The van der Waals surface area contributed by atoms with Crippen LogP contribution >= 0.6 is 0 Å². The minimum absolute atomic E-state index is 0.103. The molecular formula is C17H21F3N2O. The molecule has 3 rings (SSSR count). The molecule has 3 nitrogen and oxygen atoms in total. The Hall–Kier alpha value is -1.56. The van der Waals surface area contributed by atoms with E-state index in [-0.39, 0.29) is 11.8 Å². The Morgan fingerprint density at radius 3 is 2.39 bits per heavy atom. The summed E-state index contributed by atoms with van der Waals surface area (Å²) in [6.07, 6.45) is -2.26. The van der Waals surface area contributed by atoms with Gasteiger partial charge in [0.15, 0.2) is 0 Å². The summed E-state index contributed by atoms with van der Waals surface area (Å²) in [5, 5.41) is 0. The van der Waals surface area contributed by atoms with Crippen molar-refractivity contribution in [3.8, 4) is 0 Å². The Labute approximate surface area is 134 Å². The number of fused-ring (bicyclic) bond motifs is 1. The highest BCUT2D eigenvalue weighted by atomic mass is 19.4. The minimum atomic E-state index is -4.16. The second-order valence-electron chi connectivity index (χ2n) is 6.44. The number of likely N-dealkylation sites (tertiary alicyclic amines) is 1. The molecule has 0 bridgehead atoms. The van der Waals surface area contributed by atoms with E-state index in [2.05, 4.69) is 6.07 Å². The van der Waals surface area contributed by atoms with Crippen LogP contribution in [-0.2, 0) is 17.8 Å². The van der Waals surface area contributed by atoms with Crippen LogP contribution in [0.2, 0.25) is 0 Å². The minimum Gasteiger partial charge on any atom is -0.338 e. The fraction of sp³-hybridized carbons (Fsp3) is 0.588. The van der Waals surface area contributed by atoms with Crippen molar-refractivity contribution in [3.63, 3.8) is 0 Å². The number of halogens is 3. The van der Waals surface area contributed by atoms with Gasteiger partial charge in [-0.25, -0.2) is 0 Å². The van der Waals surface area contributed by atoms with Crippen molar-refractivity contribution in [2.45, 2.75) is 32.0 Å². The van der Waals surface area contributed by atoms with Crippen LogP contribution in [0.3, 0.4) is 0 Å². The zero-order chi connectivity index (χ0) is 16.4. The van der Waals surface area contributed by atoms with Gasteiger partial charge < -0.3 is 4.90 Å². The molecule has 1 saturated heterocycles. The lowest BCUT2D eigenvalue weighted by molar-refractivity contribution is -0.151. The Balaban J connectivity index is 1.54. The van der Waals surface area contributed by atoms with E-state index in [1.807, 2.05) is 23.1 Å². The number of piperidine rings is 1. The first-order valence-corrected chi connectivity index (χ1v) is 8.07. The molecule has 0 spiro atoms. The number of hydrogen-bond acceptors (Lipinski definition) is 2. The van der Waals surface area contributed by atoms with E-state index < -0.39 is 12.7 Å². The average molecular weight is 326 g/mol. The molecule has 1 aromatic carbocycles. The lowest BCUT2D eigenvalue weighted by Gasteiger charge is -2.36. The molecule has 1 amide bonds. The summed E-state index contributed by atoms with van der Waals surface area (Å²) in [5.41, 5.74) is 2.47. The largest absolute Gasteiger partial charge is 0.401 e. The van der Waals surface area contributed by atoms with E-state index in [4.69, 9.17) is 0 Å². The second-order valence-corrected chi connectivity index (χ2v) is 6.44. The van der Waals surface area contributed by atoms with Crippen LogP contribution < -0.4 is 0 Å². The molecule has 126 valence electrons. The van der Waals surface area contributed by atoms with E-state index in [9.17, 15) is 18.0 Å². The van der Waals surface area contributed by atoms with Gasteiger partial charge in [0.05, 0.1) is 6.54 Å². The molecule has 0 N–H and O–H groups in total. The standard InChI is InChI=1S/C17H21F3N2O/c18-17(19,20)12-21-8-5-14(6-9-21)16(23)22-10-7-13-3-1-2-4-15(13)11-22/h1-4,14H,5-12H2. The average Bonchev–Trinajstić information content (AvgIpc) is 2.53. The van der Waals surface area contributed by atoms with E-state index in [0.29, 0.717) is 39.0 Å². The van der Waals surface area contributed by atoms with Gasteiger partial charge in [-0.2, -0.15) is 13.2 Å². The van der Waals surface area contributed by atoms with Crippen LogP contribution in [-0.4, -0.2) is 48.1 Å². The molecule has 2 aliphatic heterocycles. The van der Waals surface area contributed by atoms with E-state index >= 15 is 0 Å². The summed E-state index contributed by atoms with van der Waals surface area (Å²) in [6.45, 7) is 1.15. The first-order chi connectivity index (χ1) is 10.9. The lowest BCUT2D eigenvalue weighted by atomic mass is 9.93. The quantitative estimate of drug-likeness (QED) is 0.834. The molecular weight excluding hydrogens is 305 g/mol. The molecule has 0 aliphatic carbocycles. The van der Waals surface area contributed by atoms with Crippen LogP contribution in [0, 0.1) is 5.92 Å². The number of nitrogens with zero attached hydrogens (tertiary/aromatic N) is 2. The third kappa shape index (κ3) is 4.05. The number of alkyl halides is 3. The van der Waals surface area contributed by atoms with Crippen molar-refractivity contribution < 1.29 is 18.0 Å². The molecule has 23 heavy (non-hydrogen) atoms. The van der Waals surface area contributed by atoms with Gasteiger partial charge in [0.25, 0.3) is 0 Å². The molecule has 0 unspecified atom stereocenters. The zero-order valence-electron chi connectivity index (χ0n) is 13.0. The number of benzene rings is 1. The van der Waals surface area contributed by atoms with Crippen molar-refractivity contribution in [2.75, 3.05) is 26.2 Å². The predicted molar refractivity (Wildman–Crippen MR) is 80.8 cm³/mol. The number of carbonyl (C=O) groups excluding carboxylic acids is 1. The Morgan fingerprint density at radius 1 is 1.09 bits per heavy atom. The van der Waals surface area contributed by atoms with Crippen molar-refractivity contribution in [1.82, 2.24) is 9.80 Å². The summed E-state index contributed by atoms with van der Waals surface area (Å²) >= 11 is 0. The molecule has 0 atom stereocenters. The maximum Gasteiger partial charge on any atom is 0.401 e. The first-order valence-electron chi connectivity index (χ1n) is 8.07. The normalized spacial score (nSPS) is 20.4. The maximum absolute atomic E-state index is 12.6. The Morgan fingerprint density at radius 2 is 1.74 bits per heavy atom. The zero-order valence-corrected chi connectivity index (χ0v) is 13.0. The summed E-state index contributed by atoms with van der Waals surface area (Å²) in [7, 11) is 0. The van der Waals surface area contributed by atoms with Gasteiger partial charge in [0, 0.05) is 19.0 Å². The fourth-order valence-corrected chi connectivity index (χ4v) is 3.53. The third-order valence-electron chi connectivity index (χ3n) is 4.78. The number of rotatable bonds is 2. The van der Waals surface area contributed by atoms with E-state index in [1.165, 1.54) is 16.0 Å². The van der Waals surface area contributed by atoms with Gasteiger partial charge >= 0.3 is 6.18 Å². The van der Waals surface area contributed by atoms with E-state index in [1.54, 1.807) is 0 Å². The lowest BCUT2D eigenvalue weighted by Crippen LogP contribution is -2.46. The van der Waals surface area contributed by atoms with Gasteiger partial charge in [-0.05, 0) is 43.5 Å². The first kappa shape index (κ1) is 16.3. The molecule has 1 aromatic rings. The molecule has 0 radical (unpaired) electrons. The van der Waals surface area contributed by atoms with Crippen LogP contribution in [0.25, 0.3) is 0 Å². The van der Waals surface area contributed by atoms with E-state index in [0.717, 1.165) is 6.42 Å². The molecule has 0 aromatic heterocycles. The van der Waals surface area contributed by atoms with Crippen molar-refractivity contribution >= 4 is 5.91 Å². The Bertz CT molecular complexity index is 565. The van der Waals surface area contributed by atoms with Crippen molar-refractivity contribution in [2.24, 2.45) is 5.92 Å². The third-order valence-corrected chi connectivity index (χ3v) is 4.78. The second kappa shape index (κ2) is 6.51. The number of hydrogen-bond donors (Lipinski definition) is 0. The highest BCUT2D eigenvalue weighted by Crippen LogP contribution is 2.26. The smallest absolute Gasteiger partial charge is 0.338 e. The molecule has 1 fully saturated rings. The van der Waals surface area contributed by atoms with Gasteiger partial charge in [0.1, 0.15) is 0 Å². The van der Waals surface area contributed by atoms with Gasteiger partial charge in [-0.15, -0.1) is 0 Å². The summed E-state index contributed by atoms with van der Waals surface area (Å²) in [6, 6.07) is 8.11. The van der Waals surface area contributed by atoms with Crippen LogP contribution in [0.1, 0.15) is 24.0 Å². The molecule has 0 saturated carbocycles. The SMILES string of the molecule is O=C(C1CCN(CC(F)(F)F)CC1)N1CCc2ccccc2C1. The fourth-order valence-electron chi connectivity index (χ4n) is 3.53. The van der Waals surface area contributed by atoms with Crippen LogP contribution in [0.5, 0.6) is 0 Å². The monoisotopic (exact) mass is 326 g/mol. The van der Waals surface area contributed by atoms with Crippen molar-refractivity contribution in [3.05, 3.63) is 35.4 Å². The predicted octanol–water partition coefficient (Wildman–Crippen LogP) is 2.85. The molecule has 2 heterocycles. The number of amides is 1. The van der Waals surface area contributed by atoms with Crippen LogP contribution in [0.4, 0.5) is 13.2 Å². The summed E-state index contributed by atoms with van der Waals surface area (Å²) in [4.78, 5) is 15.9.